The van der Waals surface area contributed by atoms with Crippen molar-refractivity contribution < 1.29 is 48.3 Å². The van der Waals surface area contributed by atoms with Crippen LogP contribution in [-0.2, 0) is 28.5 Å². The summed E-state index contributed by atoms with van der Waals surface area (Å²) in [6.45, 7) is 1.89. The molecule has 0 rings (SSSR count). The molecule has 0 fully saturated rings. The molecule has 0 atom stereocenters. The second kappa shape index (κ2) is 18.8. The fraction of sp³-hybridized carbons (Fsp3) is 0.778. The largest absolute Gasteiger partial charge is 0.508 e. The normalized spacial score (nSPS) is 10.2. The fourth-order valence-electron chi connectivity index (χ4n) is 1.98. The molecular weight excluding hydrogens is 390 g/mol. The zero-order valence-corrected chi connectivity index (χ0v) is 16.6. The van der Waals surface area contributed by atoms with Crippen LogP contribution in [0.15, 0.2) is 0 Å². The fourth-order valence-corrected chi connectivity index (χ4v) is 1.98. The van der Waals surface area contributed by atoms with Crippen LogP contribution < -0.4 is 5.32 Å². The van der Waals surface area contributed by atoms with Gasteiger partial charge in [0, 0.05) is 12.8 Å². The highest BCUT2D eigenvalue weighted by Crippen LogP contribution is 1.98. The lowest BCUT2D eigenvalue weighted by molar-refractivity contribution is -0.138. The van der Waals surface area contributed by atoms with Crippen LogP contribution in [0.2, 0.25) is 0 Å². The molecule has 29 heavy (non-hydrogen) atoms. The molecule has 0 aliphatic rings. The van der Waals surface area contributed by atoms with Gasteiger partial charge in [-0.2, -0.15) is 0 Å². The molecule has 0 aromatic rings. The molecule has 0 unspecified atom stereocenters. The topological polar surface area (TPSA) is 158 Å². The smallest absolute Gasteiger partial charge is 0.481 e. The van der Waals surface area contributed by atoms with E-state index in [0.717, 1.165) is 0 Å². The molecular formula is C18H31NO10. The van der Waals surface area contributed by atoms with Gasteiger partial charge in [0.05, 0.1) is 26.4 Å². The van der Waals surface area contributed by atoms with E-state index in [0.29, 0.717) is 51.6 Å². The third-order valence-corrected chi connectivity index (χ3v) is 3.45. The van der Waals surface area contributed by atoms with Crippen LogP contribution in [0, 0.1) is 0 Å². The van der Waals surface area contributed by atoms with E-state index in [1.165, 1.54) is 0 Å². The average molecular weight is 421 g/mol. The van der Waals surface area contributed by atoms with Gasteiger partial charge >= 0.3 is 24.2 Å². The minimum Gasteiger partial charge on any atom is -0.481 e. The summed E-state index contributed by atoms with van der Waals surface area (Å²) in [5.74, 6) is -1.76. The summed E-state index contributed by atoms with van der Waals surface area (Å²) < 4.78 is 19.3. The molecule has 0 aromatic carbocycles. The summed E-state index contributed by atoms with van der Waals surface area (Å²) in [4.78, 5) is 43.1. The Morgan fingerprint density at radius 1 is 0.552 bits per heavy atom. The van der Waals surface area contributed by atoms with Gasteiger partial charge in [-0.3, -0.25) is 9.59 Å². The Balaban J connectivity index is 3.30. The first kappa shape index (κ1) is 26.4. The first-order valence-corrected chi connectivity index (χ1v) is 9.65. The van der Waals surface area contributed by atoms with E-state index in [-0.39, 0.29) is 39.3 Å². The maximum atomic E-state index is 11.3. The number of unbranched alkanes of at least 4 members (excludes halogenated alkanes) is 2. The van der Waals surface area contributed by atoms with Crippen LogP contribution in [0.4, 0.5) is 9.59 Å². The molecule has 0 heterocycles. The minimum atomic E-state index is -0.878. The van der Waals surface area contributed by atoms with E-state index in [1.54, 1.807) is 0 Å². The maximum Gasteiger partial charge on any atom is 0.508 e. The summed E-state index contributed by atoms with van der Waals surface area (Å²) in [5, 5.41) is 20.0. The van der Waals surface area contributed by atoms with E-state index in [4.69, 9.17) is 29.2 Å². The summed E-state index contributed by atoms with van der Waals surface area (Å²) in [6.07, 6.45) is 1.58. The summed E-state index contributed by atoms with van der Waals surface area (Å²) in [6, 6.07) is 0. The number of aliphatic carboxylic acids is 2. The number of hydrogen-bond donors (Lipinski definition) is 3. The first-order valence-electron chi connectivity index (χ1n) is 9.65. The lowest BCUT2D eigenvalue weighted by atomic mass is 10.2. The van der Waals surface area contributed by atoms with Crippen molar-refractivity contribution in [2.24, 2.45) is 0 Å². The number of carboxylic acids is 2. The zero-order valence-electron chi connectivity index (χ0n) is 16.6. The monoisotopic (exact) mass is 421 g/mol. The third kappa shape index (κ3) is 21.6. The van der Waals surface area contributed by atoms with Gasteiger partial charge in [-0.05, 0) is 51.6 Å². The van der Waals surface area contributed by atoms with Crippen molar-refractivity contribution in [3.8, 4) is 0 Å². The average Bonchev–Trinajstić information content (AvgIpc) is 2.65. The van der Waals surface area contributed by atoms with Crippen molar-refractivity contribution >= 4 is 24.2 Å². The molecule has 0 aromatic heterocycles. The van der Waals surface area contributed by atoms with Gasteiger partial charge in [0.25, 0.3) is 0 Å². The van der Waals surface area contributed by atoms with E-state index in [9.17, 15) is 19.2 Å². The van der Waals surface area contributed by atoms with Crippen LogP contribution in [-0.4, -0.2) is 74.0 Å². The van der Waals surface area contributed by atoms with Crippen molar-refractivity contribution in [2.75, 3.05) is 39.5 Å². The van der Waals surface area contributed by atoms with E-state index in [1.807, 2.05) is 0 Å². The van der Waals surface area contributed by atoms with Crippen LogP contribution in [0.5, 0.6) is 0 Å². The molecule has 0 radical (unpaired) electrons. The molecule has 0 bridgehead atoms. The number of carboxylic acid groups (broad SMARTS) is 2. The highest BCUT2D eigenvalue weighted by molar-refractivity contribution is 5.66. The lowest BCUT2D eigenvalue weighted by Gasteiger charge is -2.08. The Bertz CT molecular complexity index is 441. The summed E-state index contributed by atoms with van der Waals surface area (Å²) in [5.41, 5.74) is 0. The highest BCUT2D eigenvalue weighted by atomic mass is 16.7. The van der Waals surface area contributed by atoms with Crippen molar-refractivity contribution in [1.82, 2.24) is 5.32 Å². The van der Waals surface area contributed by atoms with Gasteiger partial charge in [-0.25, -0.2) is 9.59 Å². The molecule has 11 nitrogen and oxygen atoms in total. The zero-order chi connectivity index (χ0) is 21.7. The minimum absolute atomic E-state index is 0.0465. The van der Waals surface area contributed by atoms with E-state index in [2.05, 4.69) is 5.32 Å². The lowest BCUT2D eigenvalue weighted by Crippen LogP contribution is -2.21. The second-order valence-corrected chi connectivity index (χ2v) is 6.05. The van der Waals surface area contributed by atoms with Gasteiger partial charge in [-0.15, -0.1) is 0 Å². The molecule has 11 heteroatoms. The quantitative estimate of drug-likeness (QED) is 0.220. The number of nitrogens with one attached hydrogen (secondary N) is 1. The SMILES string of the molecule is O=C(O)CCCCOC(=O)OCCCNCCCOC(=O)OCCCCC(=O)O. The van der Waals surface area contributed by atoms with E-state index >= 15 is 0 Å². The first-order chi connectivity index (χ1) is 13.9. The van der Waals surface area contributed by atoms with Crippen molar-refractivity contribution in [1.29, 1.82) is 0 Å². The van der Waals surface area contributed by atoms with Crippen molar-refractivity contribution in [2.45, 2.75) is 51.4 Å². The van der Waals surface area contributed by atoms with Gasteiger partial charge in [-0.1, -0.05) is 0 Å². The third-order valence-electron chi connectivity index (χ3n) is 3.45. The Morgan fingerprint density at radius 3 is 1.24 bits per heavy atom. The van der Waals surface area contributed by atoms with Crippen LogP contribution >= 0.6 is 0 Å². The van der Waals surface area contributed by atoms with Gasteiger partial charge in [0.2, 0.25) is 0 Å². The van der Waals surface area contributed by atoms with Crippen LogP contribution in [0.3, 0.4) is 0 Å². The standard InChI is InChI=1S/C18H31NO10/c20-15(21)7-1-3-11-26-17(24)28-13-5-9-19-10-6-14-29-18(25)27-12-4-2-8-16(22)23/h19H,1-14H2,(H,20,21)(H,22,23). The molecule has 0 spiro atoms. The molecule has 0 saturated carbocycles. The number of rotatable bonds is 18. The van der Waals surface area contributed by atoms with Gasteiger partial charge < -0.3 is 34.5 Å². The Labute approximate surface area is 169 Å². The summed E-state index contributed by atoms with van der Waals surface area (Å²) in [7, 11) is 0. The Hall–Kier alpha value is -2.56. The van der Waals surface area contributed by atoms with Crippen LogP contribution in [0.1, 0.15) is 51.4 Å². The molecule has 168 valence electrons. The van der Waals surface area contributed by atoms with Gasteiger partial charge in [0.15, 0.2) is 0 Å². The summed E-state index contributed by atoms with van der Waals surface area (Å²) >= 11 is 0. The molecule has 0 amide bonds. The van der Waals surface area contributed by atoms with Gasteiger partial charge in [0.1, 0.15) is 0 Å². The molecule has 0 saturated heterocycles. The number of carbonyl (C=O) groups excluding carboxylic acids is 2. The van der Waals surface area contributed by atoms with Crippen molar-refractivity contribution in [3.63, 3.8) is 0 Å². The predicted octanol–water partition coefficient (Wildman–Crippen LogP) is 2.17. The second-order valence-electron chi connectivity index (χ2n) is 6.05. The number of hydrogen-bond acceptors (Lipinski definition) is 9. The number of ether oxygens (including phenoxy) is 4. The molecule has 0 aliphatic heterocycles. The molecule has 3 N–H and O–H groups in total. The number of carbonyl (C=O) groups is 4. The molecule has 0 aliphatic carbocycles. The predicted molar refractivity (Wildman–Crippen MR) is 99.7 cm³/mol. The Kier molecular flexibility index (Phi) is 17.1. The maximum absolute atomic E-state index is 11.3. The van der Waals surface area contributed by atoms with Crippen LogP contribution in [0.25, 0.3) is 0 Å². The van der Waals surface area contributed by atoms with Crippen molar-refractivity contribution in [3.05, 3.63) is 0 Å². The Morgan fingerprint density at radius 2 is 0.897 bits per heavy atom. The highest BCUT2D eigenvalue weighted by Gasteiger charge is 2.05. The van der Waals surface area contributed by atoms with E-state index < -0.39 is 24.2 Å².